The summed E-state index contributed by atoms with van der Waals surface area (Å²) in [6, 6.07) is 60.1. The normalized spacial score (nSPS) is 11.5. The largest absolute Gasteiger partial charge is 0.354 e. The highest BCUT2D eigenvalue weighted by Crippen LogP contribution is 2.35. The number of benzene rings is 7. The van der Waals surface area contributed by atoms with Crippen LogP contribution < -0.4 is 10.6 Å². The molecule has 46 heavy (non-hydrogen) atoms. The Morgan fingerprint density at radius 2 is 0.565 bits per heavy atom. The molecule has 0 spiro atoms. The lowest BCUT2D eigenvalue weighted by molar-refractivity contribution is 1.18. The maximum absolute atomic E-state index is 3.64. The molecule has 0 unspecified atom stereocenters. The number of hydrogen-bond donors (Lipinski definition) is 2. The molecule has 4 nitrogen and oxygen atoms in total. The second kappa shape index (κ2) is 10.7. The predicted molar refractivity (Wildman–Crippen MR) is 195 cm³/mol. The number of anilines is 4. The van der Waals surface area contributed by atoms with E-state index in [2.05, 4.69) is 190 Å². The Hall–Kier alpha value is -6.26. The predicted octanol–water partition coefficient (Wildman–Crippen LogP) is 11.4. The van der Waals surface area contributed by atoms with Crippen LogP contribution in [-0.4, -0.2) is 9.13 Å². The maximum atomic E-state index is 3.64. The van der Waals surface area contributed by atoms with Crippen molar-refractivity contribution in [1.29, 1.82) is 0 Å². The minimum absolute atomic E-state index is 1.01. The molecule has 0 bridgehead atoms. The Labute approximate surface area is 266 Å². The SMILES string of the molecule is c1ccc(Nc2ccc(-n3c4ccccc4c4ccccc43)cc2)c(Nc2ccc(-n3c4ccccc4c4ccccc43)cc2)c1. The second-order valence-electron chi connectivity index (χ2n) is 11.6. The molecule has 2 N–H and O–H groups in total. The Morgan fingerprint density at radius 3 is 0.891 bits per heavy atom. The summed E-state index contributed by atoms with van der Waals surface area (Å²) in [7, 11) is 0. The van der Waals surface area contributed by atoms with Gasteiger partial charge in [-0.1, -0.05) is 84.9 Å². The van der Waals surface area contributed by atoms with Gasteiger partial charge in [0.25, 0.3) is 0 Å². The maximum Gasteiger partial charge on any atom is 0.0623 e. The van der Waals surface area contributed by atoms with Crippen LogP contribution in [0, 0.1) is 0 Å². The lowest BCUT2D eigenvalue weighted by atomic mass is 10.2. The van der Waals surface area contributed by atoms with Crippen molar-refractivity contribution in [1.82, 2.24) is 9.13 Å². The molecule has 9 rings (SSSR count). The van der Waals surface area contributed by atoms with Gasteiger partial charge in [0.05, 0.1) is 33.4 Å². The van der Waals surface area contributed by atoms with Crippen molar-refractivity contribution in [3.8, 4) is 11.4 Å². The number of nitrogens with zero attached hydrogens (tertiary/aromatic N) is 2. The molecule has 0 aliphatic carbocycles. The van der Waals surface area contributed by atoms with E-state index in [1.54, 1.807) is 0 Å². The first kappa shape index (κ1) is 26.2. The van der Waals surface area contributed by atoms with Gasteiger partial charge in [0.15, 0.2) is 0 Å². The summed E-state index contributed by atoms with van der Waals surface area (Å²) in [4.78, 5) is 0. The van der Waals surface area contributed by atoms with Crippen molar-refractivity contribution >= 4 is 66.4 Å². The fourth-order valence-electron chi connectivity index (χ4n) is 6.80. The van der Waals surface area contributed by atoms with Crippen molar-refractivity contribution in [3.63, 3.8) is 0 Å². The first-order valence-electron chi connectivity index (χ1n) is 15.6. The fraction of sp³-hybridized carbons (Fsp3) is 0. The van der Waals surface area contributed by atoms with Crippen LogP contribution in [0.3, 0.4) is 0 Å². The van der Waals surface area contributed by atoms with E-state index < -0.39 is 0 Å². The summed E-state index contributed by atoms with van der Waals surface area (Å²) in [5, 5.41) is 12.3. The molecule has 0 saturated carbocycles. The number of hydrogen-bond acceptors (Lipinski definition) is 2. The molecule has 9 aromatic rings. The van der Waals surface area contributed by atoms with Crippen LogP contribution >= 0.6 is 0 Å². The lowest BCUT2D eigenvalue weighted by Crippen LogP contribution is -1.99. The number of aromatic nitrogens is 2. The third-order valence-corrected chi connectivity index (χ3v) is 8.90. The van der Waals surface area contributed by atoms with Crippen LogP contribution in [0.2, 0.25) is 0 Å². The quantitative estimate of drug-likeness (QED) is 0.202. The van der Waals surface area contributed by atoms with E-state index in [-0.39, 0.29) is 0 Å². The zero-order chi connectivity index (χ0) is 30.5. The van der Waals surface area contributed by atoms with Gasteiger partial charge in [-0.25, -0.2) is 0 Å². The molecule has 0 fully saturated rings. The van der Waals surface area contributed by atoms with Crippen molar-refractivity contribution in [2.75, 3.05) is 10.6 Å². The van der Waals surface area contributed by atoms with Gasteiger partial charge in [0.1, 0.15) is 0 Å². The van der Waals surface area contributed by atoms with Crippen molar-refractivity contribution in [2.24, 2.45) is 0 Å². The van der Waals surface area contributed by atoms with E-state index in [9.17, 15) is 0 Å². The van der Waals surface area contributed by atoms with E-state index in [1.165, 1.54) is 43.6 Å². The standard InChI is InChI=1S/C42H30N4/c1-7-17-39-33(11-1)34-12-2-8-18-40(34)45(39)31-25-21-29(22-26-31)43-37-15-5-6-16-38(37)44-30-23-27-32(28-24-30)46-41-19-9-3-13-35(41)36-14-4-10-20-42(36)46/h1-28,43-44H. The molecule has 0 radical (unpaired) electrons. The van der Waals surface area contributed by atoms with Crippen molar-refractivity contribution in [2.45, 2.75) is 0 Å². The van der Waals surface area contributed by atoms with Gasteiger partial charge in [0, 0.05) is 44.3 Å². The van der Waals surface area contributed by atoms with Gasteiger partial charge >= 0.3 is 0 Å². The summed E-state index contributed by atoms with van der Waals surface area (Å²) in [6.45, 7) is 0. The summed E-state index contributed by atoms with van der Waals surface area (Å²) < 4.78 is 4.68. The molecule has 0 aliphatic heterocycles. The minimum Gasteiger partial charge on any atom is -0.354 e. The topological polar surface area (TPSA) is 33.9 Å². The number of nitrogens with one attached hydrogen (secondary N) is 2. The molecule has 0 saturated heterocycles. The monoisotopic (exact) mass is 590 g/mol. The van der Waals surface area contributed by atoms with Crippen LogP contribution in [0.15, 0.2) is 170 Å². The third kappa shape index (κ3) is 4.31. The average Bonchev–Trinajstić information content (AvgIpc) is 3.63. The number of para-hydroxylation sites is 6. The highest BCUT2D eigenvalue weighted by Gasteiger charge is 2.13. The zero-order valence-electron chi connectivity index (χ0n) is 25.1. The third-order valence-electron chi connectivity index (χ3n) is 8.90. The molecule has 0 aliphatic rings. The number of rotatable bonds is 6. The van der Waals surface area contributed by atoms with E-state index in [4.69, 9.17) is 0 Å². The molecule has 2 aromatic heterocycles. The van der Waals surface area contributed by atoms with E-state index in [0.717, 1.165) is 34.1 Å². The Morgan fingerprint density at radius 1 is 0.283 bits per heavy atom. The van der Waals surface area contributed by atoms with Crippen LogP contribution in [0.4, 0.5) is 22.7 Å². The second-order valence-corrected chi connectivity index (χ2v) is 11.6. The molecular weight excluding hydrogens is 560 g/mol. The fourth-order valence-corrected chi connectivity index (χ4v) is 6.80. The van der Waals surface area contributed by atoms with Crippen LogP contribution in [0.25, 0.3) is 55.0 Å². The van der Waals surface area contributed by atoms with Crippen LogP contribution in [0.5, 0.6) is 0 Å². The highest BCUT2D eigenvalue weighted by atomic mass is 15.0. The van der Waals surface area contributed by atoms with E-state index in [0.29, 0.717) is 0 Å². The first-order valence-corrected chi connectivity index (χ1v) is 15.6. The Balaban J connectivity index is 0.993. The zero-order valence-corrected chi connectivity index (χ0v) is 25.1. The van der Waals surface area contributed by atoms with Gasteiger partial charge in [-0.15, -0.1) is 0 Å². The summed E-state index contributed by atoms with van der Waals surface area (Å²) in [5.41, 5.74) is 11.2. The number of fused-ring (bicyclic) bond motifs is 6. The summed E-state index contributed by atoms with van der Waals surface area (Å²) >= 11 is 0. The van der Waals surface area contributed by atoms with E-state index in [1.807, 2.05) is 0 Å². The van der Waals surface area contributed by atoms with Gasteiger partial charge in [0.2, 0.25) is 0 Å². The van der Waals surface area contributed by atoms with Gasteiger partial charge < -0.3 is 19.8 Å². The first-order chi connectivity index (χ1) is 22.8. The highest BCUT2D eigenvalue weighted by molar-refractivity contribution is 6.10. The van der Waals surface area contributed by atoms with Crippen LogP contribution in [-0.2, 0) is 0 Å². The molecule has 4 heteroatoms. The smallest absolute Gasteiger partial charge is 0.0623 e. The molecule has 218 valence electrons. The van der Waals surface area contributed by atoms with Gasteiger partial charge in [-0.05, 0) is 84.9 Å². The molecule has 7 aromatic carbocycles. The summed E-state index contributed by atoms with van der Waals surface area (Å²) in [5.74, 6) is 0. The van der Waals surface area contributed by atoms with Crippen molar-refractivity contribution < 1.29 is 0 Å². The molecule has 0 amide bonds. The average molecular weight is 591 g/mol. The Bertz CT molecular complexity index is 2230. The minimum atomic E-state index is 1.01. The lowest BCUT2D eigenvalue weighted by Gasteiger charge is -2.15. The summed E-state index contributed by atoms with van der Waals surface area (Å²) in [6.07, 6.45) is 0. The van der Waals surface area contributed by atoms with E-state index >= 15 is 0 Å². The Kier molecular flexibility index (Phi) is 6.10. The molecule has 2 heterocycles. The molecule has 0 atom stereocenters. The van der Waals surface area contributed by atoms with Gasteiger partial charge in [-0.2, -0.15) is 0 Å². The van der Waals surface area contributed by atoms with Crippen LogP contribution in [0.1, 0.15) is 0 Å². The van der Waals surface area contributed by atoms with Gasteiger partial charge in [-0.3, -0.25) is 0 Å². The van der Waals surface area contributed by atoms with Crippen molar-refractivity contribution in [3.05, 3.63) is 170 Å². The molecular formula is C42H30N4.